The number of carbonyl (C=O) groups is 2. The normalized spacial score (nSPS) is 9.57. The number of hydrogen-bond donors (Lipinski definition) is 1. The molecule has 1 amide bonds. The van der Waals surface area contributed by atoms with E-state index in [2.05, 4.69) is 0 Å². The summed E-state index contributed by atoms with van der Waals surface area (Å²) in [6, 6.07) is 5.99. The summed E-state index contributed by atoms with van der Waals surface area (Å²) < 4.78 is 0. The lowest BCUT2D eigenvalue weighted by Crippen LogP contribution is -2.23. The van der Waals surface area contributed by atoms with Crippen LogP contribution in [0.2, 0.25) is 0 Å². The SMILES string of the molecule is CN(C(=O)O)c1ccc(C(=O)Cl)cc1. The first-order chi connectivity index (χ1) is 6.52. The number of benzene rings is 1. The molecule has 1 N–H and O–H groups in total. The molecule has 0 heterocycles. The van der Waals surface area contributed by atoms with Crippen molar-refractivity contribution in [3.8, 4) is 0 Å². The number of carboxylic acid groups (broad SMARTS) is 1. The minimum Gasteiger partial charge on any atom is -0.465 e. The van der Waals surface area contributed by atoms with Crippen molar-refractivity contribution < 1.29 is 14.7 Å². The Morgan fingerprint density at radius 1 is 1.29 bits per heavy atom. The van der Waals surface area contributed by atoms with Gasteiger partial charge in [-0.15, -0.1) is 0 Å². The lowest BCUT2D eigenvalue weighted by atomic mass is 10.2. The Kier molecular flexibility index (Phi) is 3.09. The molecule has 0 aliphatic rings. The molecule has 0 aliphatic heterocycles. The first kappa shape index (κ1) is 10.5. The van der Waals surface area contributed by atoms with Gasteiger partial charge in [0.05, 0.1) is 0 Å². The average Bonchev–Trinajstić information content (AvgIpc) is 2.16. The standard InChI is InChI=1S/C9H8ClNO3/c1-11(9(13)14)7-4-2-6(3-5-7)8(10)12/h2-5H,1H3,(H,13,14). The lowest BCUT2D eigenvalue weighted by Gasteiger charge is -2.12. The van der Waals surface area contributed by atoms with E-state index < -0.39 is 11.3 Å². The quantitative estimate of drug-likeness (QED) is 0.766. The molecule has 0 unspecified atom stereocenters. The van der Waals surface area contributed by atoms with Gasteiger partial charge in [0.2, 0.25) is 0 Å². The van der Waals surface area contributed by atoms with Crippen molar-refractivity contribution in [1.29, 1.82) is 0 Å². The van der Waals surface area contributed by atoms with Crippen molar-refractivity contribution in [2.45, 2.75) is 0 Å². The van der Waals surface area contributed by atoms with Crippen molar-refractivity contribution in [1.82, 2.24) is 0 Å². The second-order valence-corrected chi connectivity index (χ2v) is 3.01. The predicted molar refractivity (Wildman–Crippen MR) is 53.1 cm³/mol. The highest BCUT2D eigenvalue weighted by atomic mass is 35.5. The molecule has 0 fully saturated rings. The van der Waals surface area contributed by atoms with Crippen LogP contribution in [0, 0.1) is 0 Å². The van der Waals surface area contributed by atoms with E-state index in [9.17, 15) is 9.59 Å². The fraction of sp³-hybridized carbons (Fsp3) is 0.111. The highest BCUT2D eigenvalue weighted by Gasteiger charge is 2.08. The van der Waals surface area contributed by atoms with Crippen molar-refractivity contribution in [3.05, 3.63) is 29.8 Å². The van der Waals surface area contributed by atoms with Crippen LogP contribution in [-0.4, -0.2) is 23.5 Å². The molecule has 1 aromatic rings. The Labute approximate surface area is 85.7 Å². The molecule has 1 aromatic carbocycles. The molecule has 0 saturated carbocycles. The maximum absolute atomic E-state index is 10.7. The van der Waals surface area contributed by atoms with Crippen LogP contribution in [0.15, 0.2) is 24.3 Å². The molecule has 0 radical (unpaired) electrons. The number of halogens is 1. The number of nitrogens with zero attached hydrogens (tertiary/aromatic N) is 1. The molecule has 4 nitrogen and oxygen atoms in total. The molecule has 0 saturated heterocycles. The third-order valence-electron chi connectivity index (χ3n) is 1.77. The number of hydrogen-bond acceptors (Lipinski definition) is 2. The van der Waals surface area contributed by atoms with Gasteiger partial charge in [-0.05, 0) is 35.9 Å². The zero-order chi connectivity index (χ0) is 10.7. The number of carbonyl (C=O) groups excluding carboxylic acids is 1. The molecule has 0 bridgehead atoms. The Balaban J connectivity index is 2.94. The largest absolute Gasteiger partial charge is 0.465 e. The van der Waals surface area contributed by atoms with Gasteiger partial charge in [-0.25, -0.2) is 4.79 Å². The number of amides is 1. The zero-order valence-electron chi connectivity index (χ0n) is 7.40. The first-order valence-electron chi connectivity index (χ1n) is 3.79. The highest BCUT2D eigenvalue weighted by molar-refractivity contribution is 6.67. The van der Waals surface area contributed by atoms with Crippen LogP contribution in [0.4, 0.5) is 10.5 Å². The summed E-state index contributed by atoms with van der Waals surface area (Å²) in [5, 5.41) is 8.09. The van der Waals surface area contributed by atoms with E-state index in [1.54, 1.807) is 0 Å². The Bertz CT molecular complexity index is 361. The zero-order valence-corrected chi connectivity index (χ0v) is 8.15. The van der Waals surface area contributed by atoms with Crippen LogP contribution in [0.3, 0.4) is 0 Å². The van der Waals surface area contributed by atoms with E-state index in [0.29, 0.717) is 11.3 Å². The minimum absolute atomic E-state index is 0.342. The van der Waals surface area contributed by atoms with Gasteiger partial charge in [-0.2, -0.15) is 0 Å². The molecule has 14 heavy (non-hydrogen) atoms. The van der Waals surface area contributed by atoms with Crippen molar-refractivity contribution in [3.63, 3.8) is 0 Å². The first-order valence-corrected chi connectivity index (χ1v) is 4.16. The monoisotopic (exact) mass is 213 g/mol. The summed E-state index contributed by atoms with van der Waals surface area (Å²) in [5.41, 5.74) is 0.827. The van der Waals surface area contributed by atoms with Gasteiger partial charge >= 0.3 is 6.09 Å². The van der Waals surface area contributed by atoms with Crippen LogP contribution in [-0.2, 0) is 0 Å². The van der Waals surface area contributed by atoms with E-state index in [1.165, 1.54) is 31.3 Å². The molecular formula is C9H8ClNO3. The van der Waals surface area contributed by atoms with E-state index >= 15 is 0 Å². The minimum atomic E-state index is -1.06. The van der Waals surface area contributed by atoms with Crippen LogP contribution in [0.25, 0.3) is 0 Å². The summed E-state index contributed by atoms with van der Waals surface area (Å²) in [6.45, 7) is 0. The van der Waals surface area contributed by atoms with Gasteiger partial charge in [0.25, 0.3) is 5.24 Å². The van der Waals surface area contributed by atoms with E-state index in [1.807, 2.05) is 0 Å². The predicted octanol–water partition coefficient (Wildman–Crippen LogP) is 2.18. The summed E-state index contributed by atoms with van der Waals surface area (Å²) in [5.74, 6) is 0. The van der Waals surface area contributed by atoms with Crippen LogP contribution >= 0.6 is 11.6 Å². The highest BCUT2D eigenvalue weighted by Crippen LogP contribution is 2.14. The summed E-state index contributed by atoms with van der Waals surface area (Å²) in [6.07, 6.45) is -1.06. The Hall–Kier alpha value is -1.55. The van der Waals surface area contributed by atoms with Gasteiger partial charge in [-0.3, -0.25) is 9.69 Å². The average molecular weight is 214 g/mol. The summed E-state index contributed by atoms with van der Waals surface area (Å²) in [4.78, 5) is 22.3. The van der Waals surface area contributed by atoms with Crippen LogP contribution in [0.1, 0.15) is 10.4 Å². The van der Waals surface area contributed by atoms with Crippen LogP contribution in [0.5, 0.6) is 0 Å². The summed E-state index contributed by atoms with van der Waals surface area (Å²) >= 11 is 5.23. The van der Waals surface area contributed by atoms with E-state index in [0.717, 1.165) is 4.90 Å². The Morgan fingerprint density at radius 3 is 2.14 bits per heavy atom. The van der Waals surface area contributed by atoms with Gasteiger partial charge in [-0.1, -0.05) is 0 Å². The van der Waals surface area contributed by atoms with Gasteiger partial charge in [0, 0.05) is 18.3 Å². The lowest BCUT2D eigenvalue weighted by molar-refractivity contribution is 0.108. The second-order valence-electron chi connectivity index (χ2n) is 2.66. The molecule has 0 spiro atoms. The molecule has 0 atom stereocenters. The van der Waals surface area contributed by atoms with Crippen LogP contribution < -0.4 is 4.90 Å². The molecule has 1 rings (SSSR count). The molecule has 0 aromatic heterocycles. The smallest absolute Gasteiger partial charge is 0.411 e. The maximum atomic E-state index is 10.7. The fourth-order valence-corrected chi connectivity index (χ4v) is 1.05. The molecular weight excluding hydrogens is 206 g/mol. The van der Waals surface area contributed by atoms with Gasteiger partial charge in [0.15, 0.2) is 0 Å². The van der Waals surface area contributed by atoms with E-state index in [-0.39, 0.29) is 0 Å². The third-order valence-corrected chi connectivity index (χ3v) is 1.99. The summed E-state index contributed by atoms with van der Waals surface area (Å²) in [7, 11) is 1.42. The van der Waals surface area contributed by atoms with Crippen molar-refractivity contribution in [2.75, 3.05) is 11.9 Å². The van der Waals surface area contributed by atoms with E-state index in [4.69, 9.17) is 16.7 Å². The van der Waals surface area contributed by atoms with Gasteiger partial charge in [0.1, 0.15) is 0 Å². The fourth-order valence-electron chi connectivity index (χ4n) is 0.927. The molecule has 74 valence electrons. The number of anilines is 1. The van der Waals surface area contributed by atoms with Crippen molar-refractivity contribution >= 4 is 28.6 Å². The molecule has 5 heteroatoms. The third kappa shape index (κ3) is 2.23. The molecule has 0 aliphatic carbocycles. The Morgan fingerprint density at radius 2 is 1.79 bits per heavy atom. The van der Waals surface area contributed by atoms with Crippen molar-refractivity contribution in [2.24, 2.45) is 0 Å². The topological polar surface area (TPSA) is 57.6 Å². The maximum Gasteiger partial charge on any atom is 0.411 e. The second kappa shape index (κ2) is 4.11. The van der Waals surface area contributed by atoms with Gasteiger partial charge < -0.3 is 5.11 Å². The number of rotatable bonds is 2.